The van der Waals surface area contributed by atoms with Gasteiger partial charge in [-0.15, -0.1) is 0 Å². The first-order valence-electron chi connectivity index (χ1n) is 7.44. The van der Waals surface area contributed by atoms with Crippen LogP contribution in [-0.2, 0) is 20.8 Å². The van der Waals surface area contributed by atoms with Gasteiger partial charge < -0.3 is 26.2 Å². The highest BCUT2D eigenvalue weighted by molar-refractivity contribution is 5.87. The Morgan fingerprint density at radius 1 is 1.16 bits per heavy atom. The average molecular weight is 349 g/mol. The molecule has 0 radical (unpaired) electrons. The van der Waals surface area contributed by atoms with Crippen molar-refractivity contribution in [2.45, 2.75) is 38.8 Å². The molecule has 1 heterocycles. The number of para-hydroxylation sites is 1. The Bertz CT molecular complexity index is 756. The Balaban J connectivity index is 0.00000312. The monoisotopic (exact) mass is 349 g/mol. The zero-order valence-corrected chi connectivity index (χ0v) is 12.9. The third-order valence-corrected chi connectivity index (χ3v) is 3.73. The fourth-order valence-electron chi connectivity index (χ4n) is 2.40. The number of nitrogens with one attached hydrogen (secondary N) is 2. The first-order chi connectivity index (χ1) is 11.4. The number of benzene rings is 1. The highest BCUT2D eigenvalue weighted by Crippen LogP contribution is 2.19. The maximum Gasteiger partial charge on any atom is 0.326 e. The number of carboxylic acids is 2. The van der Waals surface area contributed by atoms with Crippen molar-refractivity contribution in [2.75, 3.05) is 0 Å². The van der Waals surface area contributed by atoms with Crippen molar-refractivity contribution in [3.8, 4) is 0 Å². The average Bonchev–Trinajstić information content (AvgIpc) is 2.95. The summed E-state index contributed by atoms with van der Waals surface area (Å²) in [6.45, 7) is 0. The number of aliphatic carboxylic acids is 2. The van der Waals surface area contributed by atoms with E-state index in [0.29, 0.717) is 0 Å². The number of nitrogens with two attached hydrogens (primary N) is 1. The number of aromatic amines is 1. The van der Waals surface area contributed by atoms with E-state index >= 15 is 0 Å². The van der Waals surface area contributed by atoms with E-state index in [1.165, 1.54) is 0 Å². The van der Waals surface area contributed by atoms with Crippen LogP contribution >= 0.6 is 0 Å². The van der Waals surface area contributed by atoms with E-state index in [4.69, 9.17) is 10.8 Å². The van der Waals surface area contributed by atoms with Crippen LogP contribution in [0.4, 0.5) is 0 Å². The molecule has 0 spiro atoms. The largest absolute Gasteiger partial charge is 0.480 e. The Hall–Kier alpha value is -2.87. The van der Waals surface area contributed by atoms with Crippen LogP contribution in [0, 0.1) is 0 Å². The molecule has 0 aliphatic carbocycles. The summed E-state index contributed by atoms with van der Waals surface area (Å²) in [5, 5.41) is 21.3. The van der Waals surface area contributed by atoms with Crippen LogP contribution in [0.25, 0.3) is 10.9 Å². The molecule has 1 aromatic heterocycles. The van der Waals surface area contributed by atoms with Crippen LogP contribution < -0.4 is 11.1 Å². The van der Waals surface area contributed by atoms with Crippen molar-refractivity contribution in [3.63, 3.8) is 0 Å². The molecule has 0 aliphatic heterocycles. The lowest BCUT2D eigenvalue weighted by atomic mass is 10.0. The predicted molar refractivity (Wildman–Crippen MR) is 93.1 cm³/mol. The molecule has 136 valence electrons. The summed E-state index contributed by atoms with van der Waals surface area (Å²) in [7, 11) is 0. The highest BCUT2D eigenvalue weighted by atomic mass is 16.4. The van der Waals surface area contributed by atoms with E-state index in [-0.39, 0.29) is 26.7 Å². The Morgan fingerprint density at radius 2 is 1.84 bits per heavy atom. The van der Waals surface area contributed by atoms with Crippen molar-refractivity contribution in [2.24, 2.45) is 5.73 Å². The van der Waals surface area contributed by atoms with Gasteiger partial charge in [-0.3, -0.25) is 9.59 Å². The lowest BCUT2D eigenvalue weighted by molar-refractivity contribution is -0.142. The number of carbonyl (C=O) groups is 3. The Morgan fingerprint density at radius 3 is 2.48 bits per heavy atom. The molecule has 0 saturated carbocycles. The van der Waals surface area contributed by atoms with Crippen LogP contribution in [0.5, 0.6) is 0 Å². The van der Waals surface area contributed by atoms with Crippen LogP contribution in [0.1, 0.15) is 25.8 Å². The summed E-state index contributed by atoms with van der Waals surface area (Å²) < 4.78 is 0. The van der Waals surface area contributed by atoms with Crippen molar-refractivity contribution < 1.29 is 24.6 Å². The number of aromatic nitrogens is 1. The standard InChI is InChI=1S/C16H19N3O5.CH4/c17-11(15(21)22)5-6-14(20)19-13(16(23)24)7-9-8-18-12-4-2-1-3-10(9)12;/h1-4,8,11,13,18H,5-7,17H2,(H,19,20)(H,21,22)(H,23,24);1H4/t11-,13-;/m1./s1. The topological polar surface area (TPSA) is 146 Å². The predicted octanol–water partition coefficient (Wildman–Crippen LogP) is 1.11. The molecule has 2 aromatic rings. The minimum absolute atomic E-state index is 0. The molecule has 0 unspecified atom stereocenters. The molecule has 1 amide bonds. The molecule has 0 saturated heterocycles. The molecule has 0 aliphatic rings. The number of H-pyrrole nitrogens is 1. The molecular formula is C17H23N3O5. The van der Waals surface area contributed by atoms with E-state index < -0.39 is 29.9 Å². The quantitative estimate of drug-likeness (QED) is 0.482. The summed E-state index contributed by atoms with van der Waals surface area (Å²) in [5.41, 5.74) is 6.99. The number of rotatable bonds is 8. The van der Waals surface area contributed by atoms with Crippen LogP contribution in [0.3, 0.4) is 0 Å². The van der Waals surface area contributed by atoms with Crippen molar-refractivity contribution >= 4 is 28.7 Å². The SMILES string of the molecule is C.N[C@H](CCC(=O)N[C@H](Cc1c[nH]c2ccccc12)C(=O)O)C(=O)O. The van der Waals surface area contributed by atoms with Gasteiger partial charge in [0.15, 0.2) is 0 Å². The minimum Gasteiger partial charge on any atom is -0.480 e. The van der Waals surface area contributed by atoms with Gasteiger partial charge in [-0.2, -0.15) is 0 Å². The van der Waals surface area contributed by atoms with Crippen molar-refractivity contribution in [1.29, 1.82) is 0 Å². The zero-order chi connectivity index (χ0) is 17.7. The van der Waals surface area contributed by atoms with E-state index in [2.05, 4.69) is 10.3 Å². The number of hydrogen-bond donors (Lipinski definition) is 5. The number of amides is 1. The molecule has 2 rings (SSSR count). The Kier molecular flexibility index (Phi) is 7.13. The van der Waals surface area contributed by atoms with Gasteiger partial charge in [0, 0.05) is 29.9 Å². The summed E-state index contributed by atoms with van der Waals surface area (Å²) >= 11 is 0. The fraction of sp³-hybridized carbons (Fsp3) is 0.353. The fourth-order valence-corrected chi connectivity index (χ4v) is 2.40. The first kappa shape index (κ1) is 20.2. The molecule has 8 heteroatoms. The molecule has 0 bridgehead atoms. The van der Waals surface area contributed by atoms with E-state index in [9.17, 15) is 19.5 Å². The second kappa shape index (κ2) is 8.84. The third kappa shape index (κ3) is 5.32. The van der Waals surface area contributed by atoms with Gasteiger partial charge in [-0.05, 0) is 18.1 Å². The Labute approximate surface area is 145 Å². The van der Waals surface area contributed by atoms with E-state index in [1.54, 1.807) is 6.20 Å². The third-order valence-electron chi connectivity index (χ3n) is 3.73. The second-order valence-electron chi connectivity index (χ2n) is 5.51. The molecule has 1 aromatic carbocycles. The maximum atomic E-state index is 11.8. The minimum atomic E-state index is -1.20. The summed E-state index contributed by atoms with van der Waals surface area (Å²) in [6, 6.07) is 5.21. The molecule has 25 heavy (non-hydrogen) atoms. The summed E-state index contributed by atoms with van der Waals surface area (Å²) in [5.74, 6) is -2.90. The molecule has 2 atom stereocenters. The lowest BCUT2D eigenvalue weighted by Crippen LogP contribution is -2.43. The lowest BCUT2D eigenvalue weighted by Gasteiger charge is -2.15. The first-order valence-corrected chi connectivity index (χ1v) is 7.44. The number of carboxylic acid groups (broad SMARTS) is 2. The smallest absolute Gasteiger partial charge is 0.326 e. The molecule has 8 nitrogen and oxygen atoms in total. The van der Waals surface area contributed by atoms with Crippen molar-refractivity contribution in [3.05, 3.63) is 36.0 Å². The van der Waals surface area contributed by atoms with Gasteiger partial charge in [-0.1, -0.05) is 25.6 Å². The van der Waals surface area contributed by atoms with Gasteiger partial charge in [0.05, 0.1) is 0 Å². The normalized spacial score (nSPS) is 12.8. The van der Waals surface area contributed by atoms with Gasteiger partial charge >= 0.3 is 11.9 Å². The van der Waals surface area contributed by atoms with Gasteiger partial charge in [0.1, 0.15) is 12.1 Å². The number of hydrogen-bond acceptors (Lipinski definition) is 4. The second-order valence-corrected chi connectivity index (χ2v) is 5.51. The van der Waals surface area contributed by atoms with Crippen LogP contribution in [0.2, 0.25) is 0 Å². The summed E-state index contributed by atoms with van der Waals surface area (Å²) in [4.78, 5) is 36.9. The molecular weight excluding hydrogens is 326 g/mol. The van der Waals surface area contributed by atoms with E-state index in [1.807, 2.05) is 24.3 Å². The van der Waals surface area contributed by atoms with Gasteiger partial charge in [0.2, 0.25) is 5.91 Å². The summed E-state index contributed by atoms with van der Waals surface area (Å²) in [6.07, 6.45) is 1.63. The van der Waals surface area contributed by atoms with E-state index in [0.717, 1.165) is 16.5 Å². The van der Waals surface area contributed by atoms with Crippen LogP contribution in [0.15, 0.2) is 30.5 Å². The zero-order valence-electron chi connectivity index (χ0n) is 12.9. The molecule has 6 N–H and O–H groups in total. The van der Waals surface area contributed by atoms with Gasteiger partial charge in [0.25, 0.3) is 0 Å². The van der Waals surface area contributed by atoms with Crippen LogP contribution in [-0.4, -0.2) is 45.1 Å². The van der Waals surface area contributed by atoms with Crippen molar-refractivity contribution in [1.82, 2.24) is 10.3 Å². The number of carbonyl (C=O) groups excluding carboxylic acids is 1. The molecule has 0 fully saturated rings. The maximum absolute atomic E-state index is 11.8. The number of fused-ring (bicyclic) bond motifs is 1. The highest BCUT2D eigenvalue weighted by Gasteiger charge is 2.22. The van der Waals surface area contributed by atoms with Gasteiger partial charge in [-0.25, -0.2) is 4.79 Å².